The molecule has 64 heavy (non-hydrogen) atoms. The lowest BCUT2D eigenvalue weighted by molar-refractivity contribution is 0.722. The number of fused-ring (bicyclic) bond motifs is 12. The van der Waals surface area contributed by atoms with E-state index in [0.717, 1.165) is 39.1 Å². The van der Waals surface area contributed by atoms with Crippen LogP contribution in [-0.4, -0.2) is 19.5 Å². The molecule has 3 heterocycles. The monoisotopic (exact) mass is 834 g/mol. The molecule has 0 bridgehead atoms. The molecule has 2 aromatic heterocycles. The maximum atomic E-state index is 5.37. The van der Waals surface area contributed by atoms with E-state index in [1.165, 1.54) is 65.0 Å². The molecule has 1 aliphatic carbocycles. The Labute approximate surface area is 375 Å². The minimum absolute atomic E-state index is 0.502. The Balaban J connectivity index is 0.991. The number of benzene rings is 9. The standard InChI is InChI=1S/C59H38N4S/c1-37-32-41(39-29-31-53-47(35-39)46-21-9-13-25-52(46)63(53)43-18-6-3-7-19-43)34-42(33-37)58-61-56(38-16-4-2-5-17-38)60-57(62-58)40-28-30-45-44-20-8-10-22-48(44)59(51(45)36-40)49-23-11-14-26-54(49)64-55-27-15-12-24-50(55)59/h2-36H,1H3. The molecule has 13 rings (SSSR count). The molecule has 1 aliphatic heterocycles. The first-order valence-corrected chi connectivity index (χ1v) is 22.6. The van der Waals surface area contributed by atoms with Gasteiger partial charge in [0.25, 0.3) is 0 Å². The molecule has 0 amide bonds. The first-order valence-electron chi connectivity index (χ1n) is 21.8. The van der Waals surface area contributed by atoms with Crippen LogP contribution in [0.25, 0.3) is 83.9 Å². The Kier molecular flexibility index (Phi) is 8.24. The minimum atomic E-state index is -0.502. The Bertz CT molecular complexity index is 3620. The Morgan fingerprint density at radius 1 is 0.375 bits per heavy atom. The number of nitrogens with zero attached hydrogens (tertiary/aromatic N) is 4. The van der Waals surface area contributed by atoms with Gasteiger partial charge in [0, 0.05) is 42.9 Å². The highest BCUT2D eigenvalue weighted by Gasteiger charge is 2.50. The first-order chi connectivity index (χ1) is 31.6. The van der Waals surface area contributed by atoms with Gasteiger partial charge in [0.1, 0.15) is 0 Å². The van der Waals surface area contributed by atoms with Crippen molar-refractivity contribution in [2.24, 2.45) is 0 Å². The van der Waals surface area contributed by atoms with Crippen LogP contribution < -0.4 is 0 Å². The summed E-state index contributed by atoms with van der Waals surface area (Å²) in [6.45, 7) is 2.16. The van der Waals surface area contributed by atoms with Gasteiger partial charge in [-0.25, -0.2) is 15.0 Å². The van der Waals surface area contributed by atoms with Crippen LogP contribution in [0.4, 0.5) is 0 Å². The van der Waals surface area contributed by atoms with Gasteiger partial charge in [-0.2, -0.15) is 0 Å². The molecule has 0 saturated heterocycles. The number of rotatable bonds is 5. The molecule has 0 fully saturated rings. The number of para-hydroxylation sites is 2. The van der Waals surface area contributed by atoms with E-state index < -0.39 is 5.41 Å². The molecule has 0 unspecified atom stereocenters. The van der Waals surface area contributed by atoms with Crippen LogP contribution in [0, 0.1) is 6.92 Å². The van der Waals surface area contributed by atoms with E-state index >= 15 is 0 Å². The number of hydrogen-bond acceptors (Lipinski definition) is 4. The zero-order chi connectivity index (χ0) is 42.4. The second kappa shape index (κ2) is 14.3. The summed E-state index contributed by atoms with van der Waals surface area (Å²) in [5.74, 6) is 1.92. The van der Waals surface area contributed by atoms with E-state index in [4.69, 9.17) is 15.0 Å². The molecule has 2 aliphatic rings. The summed E-state index contributed by atoms with van der Waals surface area (Å²) >= 11 is 1.86. The first kappa shape index (κ1) is 36.8. The molecular weight excluding hydrogens is 797 g/mol. The van der Waals surface area contributed by atoms with Crippen LogP contribution in [0.15, 0.2) is 222 Å². The molecular formula is C59H38N4S. The van der Waals surface area contributed by atoms with Crippen molar-refractivity contribution in [1.29, 1.82) is 0 Å². The Hall–Kier alpha value is -7.86. The lowest BCUT2D eigenvalue weighted by Crippen LogP contribution is -2.31. The third-order valence-electron chi connectivity index (χ3n) is 13.1. The molecule has 1 spiro atoms. The summed E-state index contributed by atoms with van der Waals surface area (Å²) in [6.07, 6.45) is 0. The molecule has 0 saturated carbocycles. The maximum Gasteiger partial charge on any atom is 0.164 e. The number of aryl methyl sites for hydroxylation is 1. The summed E-state index contributed by atoms with van der Waals surface area (Å²) in [6, 6.07) is 76.7. The second-order valence-corrected chi connectivity index (χ2v) is 17.9. The minimum Gasteiger partial charge on any atom is -0.309 e. The third kappa shape index (κ3) is 5.54. The molecule has 4 nitrogen and oxygen atoms in total. The smallest absolute Gasteiger partial charge is 0.164 e. The zero-order valence-corrected chi connectivity index (χ0v) is 35.7. The van der Waals surface area contributed by atoms with Crippen molar-refractivity contribution in [1.82, 2.24) is 19.5 Å². The van der Waals surface area contributed by atoms with E-state index in [-0.39, 0.29) is 0 Å². The summed E-state index contributed by atoms with van der Waals surface area (Å²) in [5.41, 5.74) is 16.9. The van der Waals surface area contributed by atoms with Crippen LogP contribution in [-0.2, 0) is 5.41 Å². The van der Waals surface area contributed by atoms with Crippen molar-refractivity contribution in [3.8, 4) is 62.1 Å². The second-order valence-electron chi connectivity index (χ2n) is 16.8. The summed E-state index contributed by atoms with van der Waals surface area (Å²) < 4.78 is 2.36. The van der Waals surface area contributed by atoms with Gasteiger partial charge in [-0.15, -0.1) is 0 Å². The van der Waals surface area contributed by atoms with E-state index in [0.29, 0.717) is 17.5 Å². The lowest BCUT2D eigenvalue weighted by atomic mass is 9.67. The molecule has 9 aromatic carbocycles. The summed E-state index contributed by atoms with van der Waals surface area (Å²) in [5, 5.41) is 2.44. The fourth-order valence-electron chi connectivity index (χ4n) is 10.4. The Morgan fingerprint density at radius 2 is 0.938 bits per heavy atom. The molecule has 0 radical (unpaired) electrons. The third-order valence-corrected chi connectivity index (χ3v) is 14.3. The molecule has 300 valence electrons. The maximum absolute atomic E-state index is 5.37. The van der Waals surface area contributed by atoms with Crippen LogP contribution in [0.5, 0.6) is 0 Å². The normalized spacial score (nSPS) is 13.1. The van der Waals surface area contributed by atoms with E-state index in [1.54, 1.807) is 0 Å². The average Bonchev–Trinajstić information content (AvgIpc) is 3.84. The van der Waals surface area contributed by atoms with Crippen molar-refractivity contribution in [3.05, 3.63) is 240 Å². The van der Waals surface area contributed by atoms with Crippen LogP contribution >= 0.6 is 11.8 Å². The number of hydrogen-bond donors (Lipinski definition) is 0. The predicted octanol–water partition coefficient (Wildman–Crippen LogP) is 14.8. The van der Waals surface area contributed by atoms with Gasteiger partial charge in [-0.1, -0.05) is 163 Å². The zero-order valence-electron chi connectivity index (χ0n) is 34.9. The highest BCUT2D eigenvalue weighted by molar-refractivity contribution is 7.99. The van der Waals surface area contributed by atoms with Gasteiger partial charge in [0.15, 0.2) is 17.5 Å². The molecule has 0 N–H and O–H groups in total. The summed E-state index contributed by atoms with van der Waals surface area (Å²) in [7, 11) is 0. The van der Waals surface area contributed by atoms with Gasteiger partial charge in [0.2, 0.25) is 0 Å². The van der Waals surface area contributed by atoms with E-state index in [2.05, 4.69) is 206 Å². The lowest BCUT2D eigenvalue weighted by Gasteiger charge is -2.39. The van der Waals surface area contributed by atoms with E-state index in [9.17, 15) is 0 Å². The highest BCUT2D eigenvalue weighted by Crippen LogP contribution is 2.62. The van der Waals surface area contributed by atoms with Gasteiger partial charge in [-0.05, 0) is 118 Å². The highest BCUT2D eigenvalue weighted by atomic mass is 32.2. The van der Waals surface area contributed by atoms with Crippen molar-refractivity contribution < 1.29 is 0 Å². The largest absolute Gasteiger partial charge is 0.309 e. The van der Waals surface area contributed by atoms with E-state index in [1.807, 2.05) is 30.0 Å². The SMILES string of the molecule is Cc1cc(-c2ccc3c(c2)c2ccccc2n3-c2ccccc2)cc(-c2nc(-c3ccccc3)nc(-c3ccc4c(c3)C3(c5ccccc5Sc5ccccc53)c3ccccc3-4)n2)c1. The van der Waals surface area contributed by atoms with Crippen LogP contribution in [0.2, 0.25) is 0 Å². The van der Waals surface area contributed by atoms with Gasteiger partial charge in [-0.3, -0.25) is 0 Å². The van der Waals surface area contributed by atoms with Crippen molar-refractivity contribution in [2.45, 2.75) is 22.1 Å². The van der Waals surface area contributed by atoms with Crippen molar-refractivity contribution >= 4 is 33.6 Å². The van der Waals surface area contributed by atoms with Gasteiger partial charge in [0.05, 0.1) is 16.4 Å². The van der Waals surface area contributed by atoms with Gasteiger partial charge >= 0.3 is 0 Å². The quantitative estimate of drug-likeness (QED) is 0.173. The average molecular weight is 835 g/mol. The van der Waals surface area contributed by atoms with Crippen LogP contribution in [0.1, 0.15) is 27.8 Å². The predicted molar refractivity (Wildman–Crippen MR) is 262 cm³/mol. The Morgan fingerprint density at radius 3 is 1.70 bits per heavy atom. The molecule has 5 heteroatoms. The molecule has 11 aromatic rings. The van der Waals surface area contributed by atoms with Crippen molar-refractivity contribution in [2.75, 3.05) is 0 Å². The number of aromatic nitrogens is 4. The topological polar surface area (TPSA) is 43.6 Å². The van der Waals surface area contributed by atoms with Crippen LogP contribution in [0.3, 0.4) is 0 Å². The van der Waals surface area contributed by atoms with Gasteiger partial charge < -0.3 is 4.57 Å². The molecule has 0 atom stereocenters. The fraction of sp³-hybridized carbons (Fsp3) is 0.0339. The fourth-order valence-corrected chi connectivity index (χ4v) is 11.6. The van der Waals surface area contributed by atoms with Crippen molar-refractivity contribution in [3.63, 3.8) is 0 Å². The summed E-state index contributed by atoms with van der Waals surface area (Å²) in [4.78, 5) is 18.4.